The van der Waals surface area contributed by atoms with Gasteiger partial charge in [-0.15, -0.1) is 6.58 Å². The number of rotatable bonds is 7. The third-order valence-corrected chi connectivity index (χ3v) is 4.55. The van der Waals surface area contributed by atoms with Crippen molar-refractivity contribution in [3.63, 3.8) is 0 Å². The second kappa shape index (κ2) is 7.83. The summed E-state index contributed by atoms with van der Waals surface area (Å²) in [6, 6.07) is 16.9. The average molecular weight is 346 g/mol. The van der Waals surface area contributed by atoms with Crippen molar-refractivity contribution in [3.05, 3.63) is 72.8 Å². The van der Waals surface area contributed by atoms with Crippen LogP contribution in [0.2, 0.25) is 0 Å². The highest BCUT2D eigenvalue weighted by Gasteiger charge is 2.21. The highest BCUT2D eigenvalue weighted by atomic mass is 16.2. The minimum atomic E-state index is -0.694. The molecular formula is C22H22N2O2. The molecule has 0 fully saturated rings. The predicted octanol–water partition coefficient (Wildman–Crippen LogP) is 3.93. The van der Waals surface area contributed by atoms with Crippen LogP contribution >= 0.6 is 0 Å². The number of nitrogens with one attached hydrogen (secondary N) is 1. The van der Waals surface area contributed by atoms with Gasteiger partial charge in [0.25, 0.3) is 5.91 Å². The number of allylic oxidation sites excluding steroid dienone is 1. The number of fused-ring (bicyclic) bond motifs is 2. The maximum Gasteiger partial charge on any atom is 0.253 e. The van der Waals surface area contributed by atoms with Gasteiger partial charge in [0.05, 0.1) is 5.56 Å². The Labute approximate surface area is 152 Å². The molecule has 26 heavy (non-hydrogen) atoms. The van der Waals surface area contributed by atoms with Crippen molar-refractivity contribution >= 4 is 33.4 Å². The van der Waals surface area contributed by atoms with E-state index in [0.717, 1.165) is 34.4 Å². The SMILES string of the molecule is C=CCCC[C@@H](NC(=O)c1c2ccccc2cc2ccccc12)C(N)=O. The zero-order chi connectivity index (χ0) is 18.5. The normalized spacial score (nSPS) is 12.0. The average Bonchev–Trinajstić information content (AvgIpc) is 2.65. The monoisotopic (exact) mass is 346 g/mol. The number of benzene rings is 3. The smallest absolute Gasteiger partial charge is 0.253 e. The van der Waals surface area contributed by atoms with E-state index in [-0.39, 0.29) is 5.91 Å². The van der Waals surface area contributed by atoms with Crippen molar-refractivity contribution in [1.29, 1.82) is 0 Å². The lowest BCUT2D eigenvalue weighted by Crippen LogP contribution is -2.44. The Bertz CT molecular complexity index is 924. The standard InChI is InChI=1S/C22H22N2O2/c1-2-3-4-13-19(21(23)25)24-22(26)20-17-11-7-5-9-15(17)14-16-10-6-8-12-18(16)20/h2,5-12,14,19H,1,3-4,13H2,(H2,23,25)(H,24,26)/t19-/m1/s1. The lowest BCUT2D eigenvalue weighted by Gasteiger charge is -2.17. The van der Waals surface area contributed by atoms with E-state index >= 15 is 0 Å². The summed E-state index contributed by atoms with van der Waals surface area (Å²) in [6.45, 7) is 3.68. The van der Waals surface area contributed by atoms with Crippen LogP contribution in [0.3, 0.4) is 0 Å². The Kier molecular flexibility index (Phi) is 5.32. The number of amides is 2. The fourth-order valence-corrected chi connectivity index (χ4v) is 3.24. The Hall–Kier alpha value is -3.14. The molecule has 3 aromatic rings. The molecule has 0 aliphatic carbocycles. The quantitative estimate of drug-likeness (QED) is 0.386. The number of hydrogen-bond acceptors (Lipinski definition) is 2. The molecule has 4 nitrogen and oxygen atoms in total. The van der Waals surface area contributed by atoms with Crippen LogP contribution in [0.25, 0.3) is 21.5 Å². The summed E-state index contributed by atoms with van der Waals surface area (Å²) >= 11 is 0. The number of hydrogen-bond donors (Lipinski definition) is 2. The Balaban J connectivity index is 2.03. The summed E-state index contributed by atoms with van der Waals surface area (Å²) in [4.78, 5) is 24.9. The van der Waals surface area contributed by atoms with Gasteiger partial charge in [-0.1, -0.05) is 54.6 Å². The Morgan fingerprint density at radius 1 is 1.04 bits per heavy atom. The van der Waals surface area contributed by atoms with Crippen LogP contribution < -0.4 is 11.1 Å². The van der Waals surface area contributed by atoms with Gasteiger partial charge in [-0.3, -0.25) is 9.59 Å². The van der Waals surface area contributed by atoms with Crippen LogP contribution in [0.5, 0.6) is 0 Å². The number of nitrogens with two attached hydrogens (primary N) is 1. The van der Waals surface area contributed by atoms with Gasteiger partial charge in [0, 0.05) is 0 Å². The summed E-state index contributed by atoms with van der Waals surface area (Å²) in [6.07, 6.45) is 3.80. The zero-order valence-corrected chi connectivity index (χ0v) is 14.6. The van der Waals surface area contributed by atoms with E-state index in [9.17, 15) is 9.59 Å². The van der Waals surface area contributed by atoms with E-state index in [4.69, 9.17) is 5.73 Å². The van der Waals surface area contributed by atoms with Crippen LogP contribution in [0.4, 0.5) is 0 Å². The van der Waals surface area contributed by atoms with Gasteiger partial charge in [-0.05, 0) is 46.9 Å². The van der Waals surface area contributed by atoms with Gasteiger partial charge in [0.2, 0.25) is 5.91 Å². The minimum Gasteiger partial charge on any atom is -0.368 e. The number of carbonyl (C=O) groups excluding carboxylic acids is 2. The molecule has 0 bridgehead atoms. The molecule has 0 aromatic heterocycles. The predicted molar refractivity (Wildman–Crippen MR) is 106 cm³/mol. The molecule has 132 valence electrons. The highest BCUT2D eigenvalue weighted by Crippen LogP contribution is 2.28. The first-order chi connectivity index (χ1) is 12.6. The van der Waals surface area contributed by atoms with Gasteiger partial charge in [0.15, 0.2) is 0 Å². The first kappa shape index (κ1) is 17.7. The number of primary amides is 1. The molecule has 0 saturated carbocycles. The van der Waals surface area contributed by atoms with Gasteiger partial charge >= 0.3 is 0 Å². The third-order valence-electron chi connectivity index (χ3n) is 4.55. The van der Waals surface area contributed by atoms with Crippen LogP contribution in [-0.2, 0) is 4.79 Å². The van der Waals surface area contributed by atoms with Crippen molar-refractivity contribution in [1.82, 2.24) is 5.32 Å². The molecule has 0 unspecified atom stereocenters. The summed E-state index contributed by atoms with van der Waals surface area (Å²) in [7, 11) is 0. The fraction of sp³-hybridized carbons (Fsp3) is 0.182. The molecule has 3 aromatic carbocycles. The molecule has 4 heteroatoms. The van der Waals surface area contributed by atoms with Crippen molar-refractivity contribution in [2.24, 2.45) is 5.73 Å². The first-order valence-corrected chi connectivity index (χ1v) is 8.73. The topological polar surface area (TPSA) is 72.2 Å². The summed E-state index contributed by atoms with van der Waals surface area (Å²) in [5.74, 6) is -0.799. The molecule has 1 atom stereocenters. The molecule has 0 radical (unpaired) electrons. The van der Waals surface area contributed by atoms with Gasteiger partial charge < -0.3 is 11.1 Å². The van der Waals surface area contributed by atoms with Crippen LogP contribution in [0.1, 0.15) is 29.6 Å². The maximum absolute atomic E-state index is 13.1. The Morgan fingerprint density at radius 2 is 1.62 bits per heavy atom. The Morgan fingerprint density at radius 3 is 2.15 bits per heavy atom. The van der Waals surface area contributed by atoms with Crippen LogP contribution in [0, 0.1) is 0 Å². The molecular weight excluding hydrogens is 324 g/mol. The van der Waals surface area contributed by atoms with E-state index in [0.29, 0.717) is 12.0 Å². The maximum atomic E-state index is 13.1. The lowest BCUT2D eigenvalue weighted by atomic mass is 9.96. The zero-order valence-electron chi connectivity index (χ0n) is 14.6. The lowest BCUT2D eigenvalue weighted by molar-refractivity contribution is -0.120. The van der Waals surface area contributed by atoms with Crippen molar-refractivity contribution in [2.75, 3.05) is 0 Å². The fourth-order valence-electron chi connectivity index (χ4n) is 3.24. The molecule has 3 N–H and O–H groups in total. The summed E-state index contributed by atoms with van der Waals surface area (Å²) < 4.78 is 0. The largest absolute Gasteiger partial charge is 0.368 e. The van der Waals surface area contributed by atoms with Crippen molar-refractivity contribution in [2.45, 2.75) is 25.3 Å². The molecule has 3 rings (SSSR count). The summed E-state index contributed by atoms with van der Waals surface area (Å²) in [5, 5.41) is 6.52. The first-order valence-electron chi connectivity index (χ1n) is 8.73. The van der Waals surface area contributed by atoms with Crippen LogP contribution in [-0.4, -0.2) is 17.9 Å². The van der Waals surface area contributed by atoms with Gasteiger partial charge in [-0.25, -0.2) is 0 Å². The van der Waals surface area contributed by atoms with Crippen molar-refractivity contribution < 1.29 is 9.59 Å². The highest BCUT2D eigenvalue weighted by molar-refractivity contribution is 6.18. The molecule has 2 amide bonds. The van der Waals surface area contributed by atoms with Gasteiger partial charge in [0.1, 0.15) is 6.04 Å². The second-order valence-electron chi connectivity index (χ2n) is 6.34. The minimum absolute atomic E-state index is 0.277. The summed E-state index contributed by atoms with van der Waals surface area (Å²) in [5.41, 5.74) is 6.07. The van der Waals surface area contributed by atoms with Crippen LogP contribution in [0.15, 0.2) is 67.3 Å². The molecule has 0 saturated heterocycles. The van der Waals surface area contributed by atoms with E-state index in [1.54, 1.807) is 6.08 Å². The molecule has 0 heterocycles. The molecule has 0 aliphatic rings. The second-order valence-corrected chi connectivity index (χ2v) is 6.34. The van der Waals surface area contributed by atoms with E-state index in [1.165, 1.54) is 0 Å². The van der Waals surface area contributed by atoms with Gasteiger partial charge in [-0.2, -0.15) is 0 Å². The van der Waals surface area contributed by atoms with E-state index < -0.39 is 11.9 Å². The molecule has 0 aliphatic heterocycles. The third kappa shape index (κ3) is 3.59. The van der Waals surface area contributed by atoms with Crippen molar-refractivity contribution in [3.8, 4) is 0 Å². The van der Waals surface area contributed by atoms with E-state index in [1.807, 2.05) is 48.5 Å². The number of carbonyl (C=O) groups is 2. The number of unbranched alkanes of at least 4 members (excludes halogenated alkanes) is 1. The van der Waals surface area contributed by atoms with E-state index in [2.05, 4.69) is 18.0 Å². The molecule has 0 spiro atoms.